The van der Waals surface area contributed by atoms with Crippen LogP contribution in [0, 0.1) is 12.3 Å². The molecule has 0 saturated carbocycles. The Labute approximate surface area is 82.7 Å². The van der Waals surface area contributed by atoms with Gasteiger partial charge in [-0.2, -0.15) is 10.2 Å². The van der Waals surface area contributed by atoms with Crippen molar-refractivity contribution in [2.75, 3.05) is 0 Å². The van der Waals surface area contributed by atoms with Gasteiger partial charge in [0, 0.05) is 12.5 Å². The van der Waals surface area contributed by atoms with Crippen molar-refractivity contribution in [1.82, 2.24) is 15.5 Å². The van der Waals surface area contributed by atoms with E-state index in [9.17, 15) is 4.79 Å². The van der Waals surface area contributed by atoms with Gasteiger partial charge >= 0.3 is 0 Å². The maximum absolute atomic E-state index is 11.5. The largest absolute Gasteiger partial charge is 0.349 e. The molecule has 0 aliphatic carbocycles. The maximum atomic E-state index is 11.5. The summed E-state index contributed by atoms with van der Waals surface area (Å²) in [4.78, 5) is 11.5. The van der Waals surface area contributed by atoms with Gasteiger partial charge in [0.25, 0.3) is 5.91 Å². The Bertz CT molecular complexity index is 342. The van der Waals surface area contributed by atoms with E-state index in [2.05, 4.69) is 21.4 Å². The van der Waals surface area contributed by atoms with Gasteiger partial charge in [-0.05, 0) is 13.0 Å². The van der Waals surface area contributed by atoms with E-state index in [1.165, 1.54) is 12.4 Å². The fourth-order valence-corrected chi connectivity index (χ4v) is 0.960. The van der Waals surface area contributed by atoms with E-state index >= 15 is 0 Å². The molecule has 0 bridgehead atoms. The molecule has 14 heavy (non-hydrogen) atoms. The maximum Gasteiger partial charge on any atom is 0.253 e. The van der Waals surface area contributed by atoms with Gasteiger partial charge in [0.05, 0.1) is 18.0 Å². The van der Waals surface area contributed by atoms with E-state index in [-0.39, 0.29) is 11.9 Å². The molecule has 0 aliphatic heterocycles. The minimum Gasteiger partial charge on any atom is -0.349 e. The van der Waals surface area contributed by atoms with Crippen molar-refractivity contribution in [1.29, 1.82) is 0 Å². The van der Waals surface area contributed by atoms with E-state index in [1.807, 2.05) is 6.92 Å². The van der Waals surface area contributed by atoms with Crippen molar-refractivity contribution in [3.8, 4) is 12.3 Å². The van der Waals surface area contributed by atoms with Gasteiger partial charge in [0.1, 0.15) is 0 Å². The van der Waals surface area contributed by atoms with E-state index in [4.69, 9.17) is 6.42 Å². The first-order valence-corrected chi connectivity index (χ1v) is 4.25. The average Bonchev–Trinajstić information content (AvgIpc) is 2.19. The van der Waals surface area contributed by atoms with Crippen molar-refractivity contribution < 1.29 is 4.79 Å². The van der Waals surface area contributed by atoms with Crippen LogP contribution in [0.4, 0.5) is 0 Å². The standard InChI is InChI=1S/C10H11N3O/c1-3-4-8(2)13-10(14)9-5-6-11-12-7-9/h1,5-8H,4H2,2H3,(H,13,14). The third kappa shape index (κ3) is 2.87. The van der Waals surface area contributed by atoms with Gasteiger partial charge in [-0.15, -0.1) is 12.3 Å². The second-order valence-corrected chi connectivity index (χ2v) is 2.91. The van der Waals surface area contributed by atoms with Crippen molar-refractivity contribution in [2.24, 2.45) is 0 Å². The Morgan fingerprint density at radius 3 is 3.07 bits per heavy atom. The number of carbonyl (C=O) groups excluding carboxylic acids is 1. The lowest BCUT2D eigenvalue weighted by Crippen LogP contribution is -2.32. The van der Waals surface area contributed by atoms with Gasteiger partial charge in [0.15, 0.2) is 0 Å². The molecule has 0 spiro atoms. The van der Waals surface area contributed by atoms with Crippen LogP contribution >= 0.6 is 0 Å². The van der Waals surface area contributed by atoms with E-state index < -0.39 is 0 Å². The number of carbonyl (C=O) groups is 1. The molecule has 4 nitrogen and oxygen atoms in total. The van der Waals surface area contributed by atoms with Crippen LogP contribution in [0.2, 0.25) is 0 Å². The second kappa shape index (κ2) is 4.97. The molecule has 1 heterocycles. The molecule has 0 aliphatic rings. The molecule has 72 valence electrons. The molecule has 1 atom stereocenters. The quantitative estimate of drug-likeness (QED) is 0.709. The summed E-state index contributed by atoms with van der Waals surface area (Å²) < 4.78 is 0. The molecule has 4 heteroatoms. The number of hydrogen-bond donors (Lipinski definition) is 1. The Balaban J connectivity index is 2.56. The van der Waals surface area contributed by atoms with Crippen LogP contribution in [0.5, 0.6) is 0 Å². The number of nitrogens with zero attached hydrogens (tertiary/aromatic N) is 2. The number of aromatic nitrogens is 2. The lowest BCUT2D eigenvalue weighted by Gasteiger charge is -2.09. The average molecular weight is 189 g/mol. The lowest BCUT2D eigenvalue weighted by atomic mass is 10.2. The summed E-state index contributed by atoms with van der Waals surface area (Å²) >= 11 is 0. The first kappa shape index (κ1) is 10.2. The summed E-state index contributed by atoms with van der Waals surface area (Å²) in [5, 5.41) is 9.94. The van der Waals surface area contributed by atoms with Gasteiger partial charge in [-0.3, -0.25) is 4.79 Å². The molecular weight excluding hydrogens is 178 g/mol. The molecular formula is C10H11N3O. The van der Waals surface area contributed by atoms with Crippen LogP contribution in [0.3, 0.4) is 0 Å². The molecule has 0 aromatic carbocycles. The smallest absolute Gasteiger partial charge is 0.253 e. The van der Waals surface area contributed by atoms with Crippen LogP contribution in [0.15, 0.2) is 18.5 Å². The number of hydrogen-bond acceptors (Lipinski definition) is 3. The van der Waals surface area contributed by atoms with Gasteiger partial charge in [-0.25, -0.2) is 0 Å². The third-order valence-corrected chi connectivity index (χ3v) is 1.65. The normalized spacial score (nSPS) is 11.4. The monoisotopic (exact) mass is 189 g/mol. The Morgan fingerprint density at radius 2 is 2.50 bits per heavy atom. The fourth-order valence-electron chi connectivity index (χ4n) is 0.960. The number of rotatable bonds is 3. The molecule has 1 N–H and O–H groups in total. The summed E-state index contributed by atoms with van der Waals surface area (Å²) in [6.45, 7) is 1.85. The van der Waals surface area contributed by atoms with Crippen molar-refractivity contribution in [3.63, 3.8) is 0 Å². The van der Waals surface area contributed by atoms with Crippen LogP contribution in [0.1, 0.15) is 23.7 Å². The molecule has 1 unspecified atom stereocenters. The highest BCUT2D eigenvalue weighted by atomic mass is 16.1. The molecule has 0 fully saturated rings. The summed E-state index contributed by atoms with van der Waals surface area (Å²) in [5.74, 6) is 2.30. The Hall–Kier alpha value is -1.89. The summed E-state index contributed by atoms with van der Waals surface area (Å²) in [7, 11) is 0. The zero-order valence-corrected chi connectivity index (χ0v) is 7.90. The Kier molecular flexibility index (Phi) is 3.62. The molecule has 1 aromatic rings. The van der Waals surface area contributed by atoms with Gasteiger partial charge < -0.3 is 5.32 Å². The van der Waals surface area contributed by atoms with Gasteiger partial charge in [-0.1, -0.05) is 0 Å². The molecule has 0 radical (unpaired) electrons. The SMILES string of the molecule is C#CCC(C)NC(=O)c1ccnnc1. The summed E-state index contributed by atoms with van der Waals surface area (Å²) in [6.07, 6.45) is 8.53. The van der Waals surface area contributed by atoms with E-state index in [1.54, 1.807) is 6.07 Å². The highest BCUT2D eigenvalue weighted by Crippen LogP contribution is 1.96. The van der Waals surface area contributed by atoms with E-state index in [0.717, 1.165) is 0 Å². The minimum atomic E-state index is -0.178. The third-order valence-electron chi connectivity index (χ3n) is 1.65. The number of amides is 1. The summed E-state index contributed by atoms with van der Waals surface area (Å²) in [6, 6.07) is 1.57. The highest BCUT2D eigenvalue weighted by molar-refractivity contribution is 5.93. The van der Waals surface area contributed by atoms with E-state index in [0.29, 0.717) is 12.0 Å². The van der Waals surface area contributed by atoms with Crippen LogP contribution in [-0.4, -0.2) is 22.1 Å². The fraction of sp³-hybridized carbons (Fsp3) is 0.300. The first-order chi connectivity index (χ1) is 6.74. The predicted molar refractivity (Wildman–Crippen MR) is 52.4 cm³/mol. The number of nitrogens with one attached hydrogen (secondary N) is 1. The van der Waals surface area contributed by atoms with Crippen molar-refractivity contribution in [2.45, 2.75) is 19.4 Å². The van der Waals surface area contributed by atoms with Gasteiger partial charge in [0.2, 0.25) is 0 Å². The Morgan fingerprint density at radius 1 is 1.71 bits per heavy atom. The highest BCUT2D eigenvalue weighted by Gasteiger charge is 2.08. The zero-order valence-electron chi connectivity index (χ0n) is 7.90. The zero-order chi connectivity index (χ0) is 10.4. The topological polar surface area (TPSA) is 54.9 Å². The van der Waals surface area contributed by atoms with Crippen LogP contribution in [0.25, 0.3) is 0 Å². The molecule has 0 saturated heterocycles. The van der Waals surface area contributed by atoms with Crippen LogP contribution < -0.4 is 5.32 Å². The molecule has 1 amide bonds. The van der Waals surface area contributed by atoms with Crippen LogP contribution in [-0.2, 0) is 0 Å². The second-order valence-electron chi connectivity index (χ2n) is 2.91. The lowest BCUT2D eigenvalue weighted by molar-refractivity contribution is 0.0940. The van der Waals surface area contributed by atoms with Crippen molar-refractivity contribution in [3.05, 3.63) is 24.0 Å². The molecule has 1 aromatic heterocycles. The van der Waals surface area contributed by atoms with Crippen molar-refractivity contribution >= 4 is 5.91 Å². The summed E-state index contributed by atoms with van der Waals surface area (Å²) in [5.41, 5.74) is 0.490. The predicted octanol–water partition coefficient (Wildman–Crippen LogP) is 0.618. The first-order valence-electron chi connectivity index (χ1n) is 4.25. The number of terminal acetylenes is 1. The minimum absolute atomic E-state index is 0.0272. The molecule has 1 rings (SSSR count).